The standard InChI is InChI=1S/C16H15N3O2S/c1-12-5-7-13(8-6-12)9-10-22(20,21)19-15-4-2-3-14-11-17-18-16(14)15/h2-11,19H,1H3,(H,17,18)/b10-9-. The highest BCUT2D eigenvalue weighted by atomic mass is 32.2. The molecule has 2 aromatic carbocycles. The molecule has 0 fully saturated rings. The summed E-state index contributed by atoms with van der Waals surface area (Å²) in [5.41, 5.74) is 3.10. The van der Waals surface area contributed by atoms with Gasteiger partial charge in [-0.2, -0.15) is 5.10 Å². The summed E-state index contributed by atoms with van der Waals surface area (Å²) < 4.78 is 26.9. The number of fused-ring (bicyclic) bond motifs is 1. The lowest BCUT2D eigenvalue weighted by molar-refractivity contribution is 0.609. The number of nitrogens with zero attached hydrogens (tertiary/aromatic N) is 1. The first-order valence-corrected chi connectivity index (χ1v) is 8.28. The van der Waals surface area contributed by atoms with Gasteiger partial charge in [0.05, 0.1) is 22.8 Å². The third kappa shape index (κ3) is 3.17. The molecule has 0 saturated heterocycles. The first-order chi connectivity index (χ1) is 10.5. The van der Waals surface area contributed by atoms with Crippen molar-refractivity contribution in [2.75, 3.05) is 4.72 Å². The Bertz CT molecular complexity index is 925. The molecule has 0 saturated carbocycles. The van der Waals surface area contributed by atoms with Crippen LogP contribution in [0.3, 0.4) is 0 Å². The number of rotatable bonds is 4. The Morgan fingerprint density at radius 3 is 2.68 bits per heavy atom. The predicted molar refractivity (Wildman–Crippen MR) is 88.8 cm³/mol. The first kappa shape index (κ1) is 14.3. The number of anilines is 1. The van der Waals surface area contributed by atoms with Crippen LogP contribution in [0.1, 0.15) is 11.1 Å². The zero-order chi connectivity index (χ0) is 15.6. The van der Waals surface area contributed by atoms with Gasteiger partial charge < -0.3 is 0 Å². The van der Waals surface area contributed by atoms with E-state index in [1.165, 1.54) is 0 Å². The summed E-state index contributed by atoms with van der Waals surface area (Å²) in [7, 11) is -3.59. The van der Waals surface area contributed by atoms with Crippen molar-refractivity contribution in [3.8, 4) is 0 Å². The van der Waals surface area contributed by atoms with Gasteiger partial charge in [0.2, 0.25) is 0 Å². The fourth-order valence-corrected chi connectivity index (χ4v) is 2.97. The van der Waals surface area contributed by atoms with E-state index in [0.29, 0.717) is 11.2 Å². The SMILES string of the molecule is Cc1ccc(/C=C\S(=O)(=O)Nc2cccc3cn[nH]c23)cc1. The molecule has 0 unspecified atom stereocenters. The molecule has 0 spiro atoms. The van der Waals surface area contributed by atoms with Crippen LogP contribution in [-0.2, 0) is 10.0 Å². The lowest BCUT2D eigenvalue weighted by Crippen LogP contribution is -2.09. The minimum Gasteiger partial charge on any atom is -0.278 e. The molecule has 5 nitrogen and oxygen atoms in total. The zero-order valence-electron chi connectivity index (χ0n) is 11.9. The van der Waals surface area contributed by atoms with Crippen LogP contribution < -0.4 is 4.72 Å². The average Bonchev–Trinajstić information content (AvgIpc) is 2.96. The van der Waals surface area contributed by atoms with Crippen LogP contribution in [0.5, 0.6) is 0 Å². The van der Waals surface area contributed by atoms with Gasteiger partial charge in [-0.3, -0.25) is 9.82 Å². The molecule has 112 valence electrons. The van der Waals surface area contributed by atoms with Crippen LogP contribution in [-0.4, -0.2) is 18.6 Å². The maximum Gasteiger partial charge on any atom is 0.255 e. The van der Waals surface area contributed by atoms with E-state index in [2.05, 4.69) is 14.9 Å². The van der Waals surface area contributed by atoms with Crippen LogP contribution >= 0.6 is 0 Å². The molecule has 0 radical (unpaired) electrons. The molecule has 0 bridgehead atoms. The van der Waals surface area contributed by atoms with E-state index in [0.717, 1.165) is 21.9 Å². The second kappa shape index (κ2) is 5.65. The van der Waals surface area contributed by atoms with Gasteiger partial charge >= 0.3 is 0 Å². The van der Waals surface area contributed by atoms with Crippen LogP contribution in [0.4, 0.5) is 5.69 Å². The Labute approximate surface area is 128 Å². The van der Waals surface area contributed by atoms with Crippen molar-refractivity contribution >= 4 is 32.7 Å². The van der Waals surface area contributed by atoms with Crippen molar-refractivity contribution in [2.24, 2.45) is 0 Å². The molecular formula is C16H15N3O2S. The average molecular weight is 313 g/mol. The number of para-hydroxylation sites is 1. The number of benzene rings is 2. The molecular weight excluding hydrogens is 298 g/mol. The molecule has 0 amide bonds. The first-order valence-electron chi connectivity index (χ1n) is 6.73. The molecule has 0 atom stereocenters. The summed E-state index contributed by atoms with van der Waals surface area (Å²) in [4.78, 5) is 0. The molecule has 1 aromatic heterocycles. The van der Waals surface area contributed by atoms with E-state index in [9.17, 15) is 8.42 Å². The van der Waals surface area contributed by atoms with Crippen LogP contribution in [0.2, 0.25) is 0 Å². The molecule has 0 aliphatic heterocycles. The Hall–Kier alpha value is -2.60. The second-order valence-electron chi connectivity index (χ2n) is 5.00. The van der Waals surface area contributed by atoms with E-state index >= 15 is 0 Å². The molecule has 1 heterocycles. The van der Waals surface area contributed by atoms with Crippen molar-refractivity contribution in [1.82, 2.24) is 10.2 Å². The van der Waals surface area contributed by atoms with Crippen molar-refractivity contribution in [3.63, 3.8) is 0 Å². The molecule has 0 aliphatic carbocycles. The molecule has 0 aliphatic rings. The third-order valence-corrected chi connectivity index (χ3v) is 4.24. The van der Waals surface area contributed by atoms with Gasteiger partial charge in [-0.1, -0.05) is 42.0 Å². The fourth-order valence-electron chi connectivity index (χ4n) is 2.09. The number of H-pyrrole nitrogens is 1. The van der Waals surface area contributed by atoms with Crippen molar-refractivity contribution in [1.29, 1.82) is 0 Å². The van der Waals surface area contributed by atoms with Gasteiger partial charge in [0, 0.05) is 5.39 Å². The monoisotopic (exact) mass is 313 g/mol. The highest BCUT2D eigenvalue weighted by Crippen LogP contribution is 2.21. The van der Waals surface area contributed by atoms with Gasteiger partial charge in [0.1, 0.15) is 0 Å². The Morgan fingerprint density at radius 2 is 1.91 bits per heavy atom. The Morgan fingerprint density at radius 1 is 1.14 bits per heavy atom. The maximum atomic E-state index is 12.2. The minimum absolute atomic E-state index is 0.476. The molecule has 3 rings (SSSR count). The van der Waals surface area contributed by atoms with E-state index in [4.69, 9.17) is 0 Å². The number of aromatic amines is 1. The number of sulfonamides is 1. The third-order valence-electron chi connectivity index (χ3n) is 3.25. The van der Waals surface area contributed by atoms with Crippen LogP contribution in [0.15, 0.2) is 54.1 Å². The Kier molecular flexibility index (Phi) is 3.68. The second-order valence-corrected chi connectivity index (χ2v) is 6.57. The van der Waals surface area contributed by atoms with Crippen LogP contribution in [0.25, 0.3) is 17.0 Å². The summed E-state index contributed by atoms with van der Waals surface area (Å²) in [5, 5.41) is 8.71. The number of aryl methyl sites for hydroxylation is 1. The number of hydrogen-bond acceptors (Lipinski definition) is 3. The number of nitrogens with one attached hydrogen (secondary N) is 2. The van der Waals surface area contributed by atoms with Crippen molar-refractivity contribution in [3.05, 3.63) is 65.2 Å². The normalized spacial score (nSPS) is 12.0. The number of hydrogen-bond donors (Lipinski definition) is 2. The highest BCUT2D eigenvalue weighted by molar-refractivity contribution is 7.95. The largest absolute Gasteiger partial charge is 0.278 e. The van der Waals surface area contributed by atoms with Gasteiger partial charge in [0.25, 0.3) is 10.0 Å². The van der Waals surface area contributed by atoms with Crippen LogP contribution in [0, 0.1) is 6.92 Å². The summed E-state index contributed by atoms with van der Waals surface area (Å²) in [6, 6.07) is 12.9. The topological polar surface area (TPSA) is 74.8 Å². The zero-order valence-corrected chi connectivity index (χ0v) is 12.8. The van der Waals surface area contributed by atoms with E-state index in [-0.39, 0.29) is 0 Å². The van der Waals surface area contributed by atoms with Crippen molar-refractivity contribution < 1.29 is 8.42 Å². The molecule has 6 heteroatoms. The summed E-state index contributed by atoms with van der Waals surface area (Å²) >= 11 is 0. The molecule has 3 aromatic rings. The predicted octanol–water partition coefficient (Wildman–Crippen LogP) is 3.28. The van der Waals surface area contributed by atoms with Gasteiger partial charge in [-0.05, 0) is 24.6 Å². The van der Waals surface area contributed by atoms with E-state index < -0.39 is 10.0 Å². The smallest absolute Gasteiger partial charge is 0.255 e. The Balaban J connectivity index is 1.84. The summed E-state index contributed by atoms with van der Waals surface area (Å²) in [6.45, 7) is 1.98. The quantitative estimate of drug-likeness (QED) is 0.776. The lowest BCUT2D eigenvalue weighted by Gasteiger charge is -2.05. The molecule has 22 heavy (non-hydrogen) atoms. The van der Waals surface area contributed by atoms with Crippen molar-refractivity contribution in [2.45, 2.75) is 6.92 Å². The summed E-state index contributed by atoms with van der Waals surface area (Å²) in [5.74, 6) is 0. The van der Waals surface area contributed by atoms with Gasteiger partial charge in [0.15, 0.2) is 0 Å². The van der Waals surface area contributed by atoms with E-state index in [1.807, 2.05) is 37.3 Å². The molecule has 2 N–H and O–H groups in total. The minimum atomic E-state index is -3.59. The van der Waals surface area contributed by atoms with E-state index in [1.54, 1.807) is 24.4 Å². The number of aromatic nitrogens is 2. The lowest BCUT2D eigenvalue weighted by atomic mass is 10.2. The van der Waals surface area contributed by atoms with Gasteiger partial charge in [-0.15, -0.1) is 0 Å². The maximum absolute atomic E-state index is 12.2. The van der Waals surface area contributed by atoms with Gasteiger partial charge in [-0.25, -0.2) is 8.42 Å². The highest BCUT2D eigenvalue weighted by Gasteiger charge is 2.09. The summed E-state index contributed by atoms with van der Waals surface area (Å²) in [6.07, 6.45) is 3.21. The fraction of sp³-hybridized carbons (Fsp3) is 0.0625.